The van der Waals surface area contributed by atoms with E-state index in [0.29, 0.717) is 42.2 Å². The summed E-state index contributed by atoms with van der Waals surface area (Å²) in [5, 5.41) is 12.7. The fraction of sp³-hybridized carbons (Fsp3) is 0.483. The Morgan fingerprint density at radius 3 is 2.64 bits per heavy atom. The summed E-state index contributed by atoms with van der Waals surface area (Å²) in [7, 11) is 1.89. The van der Waals surface area contributed by atoms with Crippen LogP contribution in [0.15, 0.2) is 36.4 Å². The molecule has 8 nitrogen and oxygen atoms in total. The largest absolute Gasteiger partial charge is 0.396 e. The molecule has 3 aromatic rings. The summed E-state index contributed by atoms with van der Waals surface area (Å²) < 4.78 is 28.7. The number of rotatable bonds is 8. The molecule has 208 valence electrons. The van der Waals surface area contributed by atoms with E-state index in [4.69, 9.17) is 9.97 Å². The Morgan fingerprint density at radius 2 is 1.90 bits per heavy atom. The van der Waals surface area contributed by atoms with Gasteiger partial charge in [-0.3, -0.25) is 9.69 Å². The first-order valence-electron chi connectivity index (χ1n) is 13.7. The number of likely N-dealkylation sites (N-methyl/N-ethyl adjacent to an activating group) is 1. The average Bonchev–Trinajstić information content (AvgIpc) is 3.41. The molecule has 3 heterocycles. The van der Waals surface area contributed by atoms with Gasteiger partial charge in [-0.05, 0) is 81.5 Å². The lowest BCUT2D eigenvalue weighted by Crippen LogP contribution is -2.51. The van der Waals surface area contributed by atoms with Gasteiger partial charge in [-0.1, -0.05) is 6.07 Å². The lowest BCUT2D eigenvalue weighted by Gasteiger charge is -2.38. The molecule has 1 amide bonds. The minimum atomic E-state index is -0.419. The minimum Gasteiger partial charge on any atom is -0.396 e. The van der Waals surface area contributed by atoms with Crippen LogP contribution < -0.4 is 10.2 Å². The molecule has 1 aromatic heterocycles. The van der Waals surface area contributed by atoms with Crippen LogP contribution in [-0.4, -0.2) is 82.7 Å². The van der Waals surface area contributed by atoms with Crippen LogP contribution >= 0.6 is 0 Å². The number of likely N-dealkylation sites (tertiary alicyclic amines) is 1. The zero-order chi connectivity index (χ0) is 27.5. The second-order valence-corrected chi connectivity index (χ2v) is 10.6. The predicted molar refractivity (Wildman–Crippen MR) is 148 cm³/mol. The van der Waals surface area contributed by atoms with Gasteiger partial charge in [0, 0.05) is 44.7 Å². The van der Waals surface area contributed by atoms with Crippen molar-refractivity contribution in [2.45, 2.75) is 51.1 Å². The van der Waals surface area contributed by atoms with E-state index in [0.717, 1.165) is 44.3 Å². The minimum absolute atomic E-state index is 0.111. The first-order valence-corrected chi connectivity index (χ1v) is 13.7. The fourth-order valence-corrected chi connectivity index (χ4v) is 5.69. The van der Waals surface area contributed by atoms with Crippen molar-refractivity contribution in [1.82, 2.24) is 19.8 Å². The maximum absolute atomic E-state index is 14.6. The number of benzene rings is 2. The molecule has 0 aliphatic carbocycles. The SMILES string of the molecule is Cc1ccc(Nc2nc(N3CCC(N(C)C(=O)C4CCCN4CCCO)CC3)nc3ccc(F)cc23)c(F)c1. The van der Waals surface area contributed by atoms with Crippen molar-refractivity contribution in [3.8, 4) is 0 Å². The van der Waals surface area contributed by atoms with E-state index in [9.17, 15) is 18.7 Å². The molecule has 2 aliphatic heterocycles. The molecule has 0 saturated carbocycles. The number of fused-ring (bicyclic) bond motifs is 1. The number of carbonyl (C=O) groups excluding carboxylic acids is 1. The van der Waals surface area contributed by atoms with E-state index >= 15 is 0 Å². The van der Waals surface area contributed by atoms with Crippen molar-refractivity contribution < 1.29 is 18.7 Å². The predicted octanol–water partition coefficient (Wildman–Crippen LogP) is 4.23. The molecule has 2 aromatic carbocycles. The zero-order valence-electron chi connectivity index (χ0n) is 22.5. The fourth-order valence-electron chi connectivity index (χ4n) is 5.69. The Hall–Kier alpha value is -3.37. The first-order chi connectivity index (χ1) is 18.8. The summed E-state index contributed by atoms with van der Waals surface area (Å²) in [6, 6.07) is 9.20. The topological polar surface area (TPSA) is 84.8 Å². The number of nitrogens with zero attached hydrogens (tertiary/aromatic N) is 5. The number of aryl methyl sites for hydroxylation is 1. The van der Waals surface area contributed by atoms with Gasteiger partial charge in [0.2, 0.25) is 11.9 Å². The molecule has 39 heavy (non-hydrogen) atoms. The van der Waals surface area contributed by atoms with E-state index in [1.165, 1.54) is 18.2 Å². The normalized spacial score (nSPS) is 18.6. The van der Waals surface area contributed by atoms with Crippen LogP contribution in [-0.2, 0) is 4.79 Å². The first kappa shape index (κ1) is 27.2. The lowest BCUT2D eigenvalue weighted by atomic mass is 10.0. The molecule has 0 bridgehead atoms. The molecule has 2 saturated heterocycles. The zero-order valence-corrected chi connectivity index (χ0v) is 22.5. The molecule has 1 atom stereocenters. The quantitative estimate of drug-likeness (QED) is 0.444. The number of nitrogens with one attached hydrogen (secondary N) is 1. The Labute approximate surface area is 227 Å². The molecule has 0 radical (unpaired) electrons. The molecule has 1 unspecified atom stereocenters. The average molecular weight is 539 g/mol. The van der Waals surface area contributed by atoms with Crippen LogP contribution in [0.2, 0.25) is 0 Å². The Kier molecular flexibility index (Phi) is 8.23. The van der Waals surface area contributed by atoms with E-state index in [1.807, 2.05) is 18.9 Å². The molecular weight excluding hydrogens is 502 g/mol. The van der Waals surface area contributed by atoms with Gasteiger partial charge in [0.05, 0.1) is 17.2 Å². The van der Waals surface area contributed by atoms with Crippen molar-refractivity contribution in [2.24, 2.45) is 0 Å². The summed E-state index contributed by atoms with van der Waals surface area (Å²) in [6.07, 6.45) is 4.08. The van der Waals surface area contributed by atoms with E-state index in [2.05, 4.69) is 15.1 Å². The highest BCUT2D eigenvalue weighted by Crippen LogP contribution is 2.30. The summed E-state index contributed by atoms with van der Waals surface area (Å²) in [5.41, 5.74) is 1.62. The number of aliphatic hydroxyl groups is 1. The monoisotopic (exact) mass is 538 g/mol. The number of aromatic nitrogens is 2. The molecule has 0 spiro atoms. The standard InChI is InChI=1S/C29H36F2N6O2/c1-19-6-8-25(23(31)17-19)32-27-22-18-20(30)7-9-24(22)33-29(34-27)37-14-10-21(11-15-37)35(2)28(39)26-5-3-12-36(26)13-4-16-38/h6-9,17-18,21,26,38H,3-5,10-16H2,1-2H3,(H,32,33,34). The highest BCUT2D eigenvalue weighted by molar-refractivity contribution is 5.92. The second kappa shape index (κ2) is 11.8. The number of carbonyl (C=O) groups is 1. The Bertz CT molecular complexity index is 1330. The van der Waals surface area contributed by atoms with Crippen LogP contribution in [0, 0.1) is 18.6 Å². The van der Waals surface area contributed by atoms with Crippen molar-refractivity contribution in [3.05, 3.63) is 53.6 Å². The second-order valence-electron chi connectivity index (χ2n) is 10.6. The van der Waals surface area contributed by atoms with Crippen LogP contribution in [0.4, 0.5) is 26.2 Å². The maximum atomic E-state index is 14.6. The third-order valence-electron chi connectivity index (χ3n) is 7.92. The number of hydrogen-bond donors (Lipinski definition) is 2. The Balaban J connectivity index is 1.31. The van der Waals surface area contributed by atoms with Gasteiger partial charge in [0.1, 0.15) is 17.5 Å². The number of anilines is 3. The van der Waals surface area contributed by atoms with E-state index < -0.39 is 11.6 Å². The third-order valence-corrected chi connectivity index (χ3v) is 7.92. The summed E-state index contributed by atoms with van der Waals surface area (Å²) in [4.78, 5) is 28.9. The number of hydrogen-bond acceptors (Lipinski definition) is 7. The van der Waals surface area contributed by atoms with E-state index in [1.54, 1.807) is 18.2 Å². The van der Waals surface area contributed by atoms with Crippen LogP contribution in [0.25, 0.3) is 10.9 Å². The van der Waals surface area contributed by atoms with Crippen LogP contribution in [0.1, 0.15) is 37.7 Å². The molecular formula is C29H36F2N6O2. The summed E-state index contributed by atoms with van der Waals surface area (Å²) in [5.74, 6) is 0.153. The molecule has 2 aliphatic rings. The number of aliphatic hydroxyl groups excluding tert-OH is 1. The van der Waals surface area contributed by atoms with Gasteiger partial charge >= 0.3 is 0 Å². The summed E-state index contributed by atoms with van der Waals surface area (Å²) >= 11 is 0. The number of amides is 1. The van der Waals surface area contributed by atoms with Crippen molar-refractivity contribution in [3.63, 3.8) is 0 Å². The molecule has 5 rings (SSSR count). The lowest BCUT2D eigenvalue weighted by molar-refractivity contribution is -0.137. The van der Waals surface area contributed by atoms with Crippen molar-refractivity contribution in [1.29, 1.82) is 0 Å². The number of halogens is 2. The highest BCUT2D eigenvalue weighted by Gasteiger charge is 2.35. The third kappa shape index (κ3) is 5.96. The highest BCUT2D eigenvalue weighted by atomic mass is 19.1. The van der Waals surface area contributed by atoms with E-state index in [-0.39, 0.29) is 30.3 Å². The molecule has 2 N–H and O–H groups in total. The molecule has 10 heteroatoms. The summed E-state index contributed by atoms with van der Waals surface area (Å²) in [6.45, 7) is 4.91. The van der Waals surface area contributed by atoms with Gasteiger partial charge in [-0.25, -0.2) is 13.8 Å². The van der Waals surface area contributed by atoms with Gasteiger partial charge in [0.25, 0.3) is 0 Å². The van der Waals surface area contributed by atoms with Gasteiger partial charge in [0.15, 0.2) is 0 Å². The van der Waals surface area contributed by atoms with Crippen LogP contribution in [0.3, 0.4) is 0 Å². The van der Waals surface area contributed by atoms with Crippen molar-refractivity contribution in [2.75, 3.05) is 50.1 Å². The number of piperidine rings is 1. The van der Waals surface area contributed by atoms with Gasteiger partial charge < -0.3 is 20.2 Å². The van der Waals surface area contributed by atoms with Crippen molar-refractivity contribution >= 4 is 34.3 Å². The van der Waals surface area contributed by atoms with Gasteiger partial charge in [-0.15, -0.1) is 0 Å². The maximum Gasteiger partial charge on any atom is 0.239 e. The molecule has 2 fully saturated rings. The Morgan fingerprint density at radius 1 is 1.10 bits per heavy atom. The van der Waals surface area contributed by atoms with Crippen LogP contribution in [0.5, 0.6) is 0 Å². The van der Waals surface area contributed by atoms with Gasteiger partial charge in [-0.2, -0.15) is 4.98 Å². The smallest absolute Gasteiger partial charge is 0.239 e.